The van der Waals surface area contributed by atoms with Crippen LogP contribution in [0.5, 0.6) is 17.2 Å². The number of hydrogen-bond donors (Lipinski definition) is 7. The van der Waals surface area contributed by atoms with Gasteiger partial charge in [-0.2, -0.15) is 4.98 Å². The normalized spacial score (nSPS) is 30.7. The molecule has 2 fully saturated rings. The zero-order valence-corrected chi connectivity index (χ0v) is 29.2. The minimum Gasteiger partial charge on any atom is -0.507 e. The summed E-state index contributed by atoms with van der Waals surface area (Å²) >= 11 is 0. The Hall–Kier alpha value is -4.46. The summed E-state index contributed by atoms with van der Waals surface area (Å²) in [5.74, 6) is -2.65. The van der Waals surface area contributed by atoms with E-state index in [4.69, 9.17) is 24.7 Å². The van der Waals surface area contributed by atoms with Gasteiger partial charge in [0.1, 0.15) is 23.1 Å². The fraction of sp³-hybridized carbons (Fsp3) is 0.500. The van der Waals surface area contributed by atoms with Crippen LogP contribution in [0.2, 0.25) is 0 Å². The molecule has 1 unspecified atom stereocenters. The third kappa shape index (κ3) is 6.16. The zero-order valence-electron chi connectivity index (χ0n) is 29.2. The Balaban J connectivity index is 1.25. The van der Waals surface area contributed by atoms with E-state index in [0.29, 0.717) is 0 Å². The van der Waals surface area contributed by atoms with Gasteiger partial charge in [0.15, 0.2) is 18.3 Å². The van der Waals surface area contributed by atoms with Gasteiger partial charge in [0.05, 0.1) is 66.5 Å². The van der Waals surface area contributed by atoms with Gasteiger partial charge in [-0.1, -0.05) is 12.1 Å². The van der Waals surface area contributed by atoms with Crippen molar-refractivity contribution in [3.8, 4) is 17.2 Å². The Morgan fingerprint density at radius 3 is 2.49 bits per heavy atom. The molecule has 3 heterocycles. The van der Waals surface area contributed by atoms with Crippen molar-refractivity contribution in [1.82, 2.24) is 14.5 Å². The molecule has 9 atom stereocenters. The van der Waals surface area contributed by atoms with Gasteiger partial charge < -0.3 is 55.3 Å². The zero-order chi connectivity index (χ0) is 38.1. The van der Waals surface area contributed by atoms with E-state index in [-0.39, 0.29) is 72.8 Å². The topological polar surface area (TPSA) is 257 Å². The third-order valence-electron chi connectivity index (χ3n) is 10.9. The number of benzene rings is 2. The molecule has 0 spiro atoms. The molecule has 0 amide bonds. The van der Waals surface area contributed by atoms with Crippen LogP contribution in [-0.2, 0) is 20.6 Å². The number of ketones is 2. The number of phenolic OH excluding ortho intramolecular Hbond substituents is 2. The van der Waals surface area contributed by atoms with Gasteiger partial charge in [-0.25, -0.2) is 4.79 Å². The van der Waals surface area contributed by atoms with Crippen LogP contribution in [0, 0.1) is 0 Å². The molecule has 0 bridgehead atoms. The summed E-state index contributed by atoms with van der Waals surface area (Å²) in [6.45, 7) is 2.86. The van der Waals surface area contributed by atoms with Crippen molar-refractivity contribution in [2.45, 2.75) is 87.8 Å². The number of carbonyl (C=O) groups excluding carboxylic acids is 2. The van der Waals surface area contributed by atoms with Gasteiger partial charge >= 0.3 is 5.69 Å². The maximum Gasteiger partial charge on any atom is 0.351 e. The van der Waals surface area contributed by atoms with Crippen molar-refractivity contribution in [3.05, 3.63) is 74.3 Å². The number of hydrogen-bond acceptors (Lipinski definition) is 16. The molecular formula is C36H42N4O13. The lowest BCUT2D eigenvalue weighted by Gasteiger charge is -2.48. The van der Waals surface area contributed by atoms with Crippen LogP contribution in [0.25, 0.3) is 0 Å². The van der Waals surface area contributed by atoms with Crippen LogP contribution in [0.15, 0.2) is 35.3 Å². The Morgan fingerprint density at radius 2 is 1.81 bits per heavy atom. The van der Waals surface area contributed by atoms with E-state index in [1.54, 1.807) is 6.92 Å². The molecular weight excluding hydrogens is 696 g/mol. The fourth-order valence-electron chi connectivity index (χ4n) is 8.06. The standard InChI is InChI=1S/C36H42N4O13/c1-15-30(43)20(39-12-17(14-41)52-24(13-39)40-8-7-23(37)38-35(40)48)9-25(51-15)53-22-11-36(49,16(2)42)10-19-27(22)34(47)29-28(32(19)45)31(44)18-5-4-6-21(50-3)26(18)33(29)46/h4-8,15-17,20,22,24-25,30,41-43,45,47,49H,9-14H2,1-3H3,(H2,37,38,48)/t15-,16?,17+,20-,22-,24-,25-,30+,36-/m0/s1. The molecule has 2 aliphatic carbocycles. The quantitative estimate of drug-likeness (QED) is 0.122. The van der Waals surface area contributed by atoms with Crippen molar-refractivity contribution in [1.29, 1.82) is 0 Å². The molecule has 8 N–H and O–H groups in total. The summed E-state index contributed by atoms with van der Waals surface area (Å²) in [7, 11) is 1.33. The summed E-state index contributed by atoms with van der Waals surface area (Å²) < 4.78 is 25.1. The van der Waals surface area contributed by atoms with Gasteiger partial charge in [-0.15, -0.1) is 0 Å². The fourth-order valence-corrected chi connectivity index (χ4v) is 8.06. The number of methoxy groups -OCH3 is 1. The van der Waals surface area contributed by atoms with Gasteiger partial charge in [0, 0.05) is 61.3 Å². The molecule has 2 saturated heterocycles. The third-order valence-corrected chi connectivity index (χ3v) is 10.9. The van der Waals surface area contributed by atoms with Crippen molar-refractivity contribution in [2.24, 2.45) is 0 Å². The van der Waals surface area contributed by atoms with Crippen molar-refractivity contribution in [2.75, 3.05) is 32.5 Å². The minimum atomic E-state index is -1.91. The number of phenols is 2. The van der Waals surface area contributed by atoms with E-state index in [0.717, 1.165) is 0 Å². The number of aromatic hydroxyl groups is 2. The van der Waals surface area contributed by atoms with E-state index < -0.39 is 94.6 Å². The first-order valence-corrected chi connectivity index (χ1v) is 17.3. The van der Waals surface area contributed by atoms with Crippen LogP contribution in [0.4, 0.5) is 5.82 Å². The number of carbonyl (C=O) groups is 2. The summed E-state index contributed by atoms with van der Waals surface area (Å²) in [5, 5.41) is 67.4. The summed E-state index contributed by atoms with van der Waals surface area (Å²) in [6, 6.07) is 5.17. The van der Waals surface area contributed by atoms with Crippen LogP contribution < -0.4 is 16.2 Å². The predicted molar refractivity (Wildman–Crippen MR) is 183 cm³/mol. The number of fused-ring (bicyclic) bond motifs is 3. The molecule has 1 aromatic heterocycles. The largest absolute Gasteiger partial charge is 0.507 e. The molecule has 2 aromatic carbocycles. The average molecular weight is 739 g/mol. The van der Waals surface area contributed by atoms with Gasteiger partial charge in [0.2, 0.25) is 5.78 Å². The smallest absolute Gasteiger partial charge is 0.351 e. The number of aliphatic hydroxyl groups excluding tert-OH is 3. The average Bonchev–Trinajstić information content (AvgIpc) is 3.12. The Labute approximate surface area is 302 Å². The van der Waals surface area contributed by atoms with Gasteiger partial charge in [-0.3, -0.25) is 19.1 Å². The number of morpholine rings is 1. The first kappa shape index (κ1) is 36.9. The highest BCUT2D eigenvalue weighted by atomic mass is 16.7. The highest BCUT2D eigenvalue weighted by molar-refractivity contribution is 6.31. The second kappa shape index (κ2) is 13.7. The summed E-state index contributed by atoms with van der Waals surface area (Å²) in [4.78, 5) is 46.1. The number of anilines is 1. The number of aliphatic hydroxyl groups is 4. The number of nitrogen functional groups attached to an aromatic ring is 1. The molecule has 7 rings (SSSR count). The number of ether oxygens (including phenoxy) is 4. The van der Waals surface area contributed by atoms with Crippen LogP contribution in [0.1, 0.15) is 82.0 Å². The number of rotatable bonds is 7. The molecule has 2 aliphatic heterocycles. The van der Waals surface area contributed by atoms with E-state index in [1.165, 1.54) is 49.1 Å². The van der Waals surface area contributed by atoms with Gasteiger partial charge in [0.25, 0.3) is 0 Å². The predicted octanol–water partition coefficient (Wildman–Crippen LogP) is -0.107. The number of nitrogens with two attached hydrogens (primary N) is 1. The van der Waals surface area contributed by atoms with E-state index in [9.17, 15) is 45.0 Å². The second-order valence-electron chi connectivity index (χ2n) is 14.1. The second-order valence-corrected chi connectivity index (χ2v) is 14.1. The van der Waals surface area contributed by atoms with Crippen molar-refractivity contribution in [3.63, 3.8) is 0 Å². The van der Waals surface area contributed by atoms with Crippen molar-refractivity contribution >= 4 is 17.4 Å². The van der Waals surface area contributed by atoms with Crippen molar-refractivity contribution < 1.29 is 59.2 Å². The van der Waals surface area contributed by atoms with Crippen LogP contribution in [0.3, 0.4) is 0 Å². The van der Waals surface area contributed by atoms with Gasteiger partial charge in [-0.05, 0) is 26.0 Å². The molecule has 17 nitrogen and oxygen atoms in total. The Kier molecular flexibility index (Phi) is 9.57. The molecule has 0 radical (unpaired) electrons. The lowest BCUT2D eigenvalue weighted by molar-refractivity contribution is -0.268. The van der Waals surface area contributed by atoms with Crippen LogP contribution in [-0.4, -0.2) is 126 Å². The summed E-state index contributed by atoms with van der Waals surface area (Å²) in [5.41, 5.74) is 1.93. The highest BCUT2D eigenvalue weighted by Gasteiger charge is 2.50. The van der Waals surface area contributed by atoms with E-state index in [2.05, 4.69) is 4.98 Å². The maximum atomic E-state index is 14.0. The SMILES string of the molecule is COc1cccc2c1C(=O)c1c(O)c3c(c(O)c1C2=O)C[C@@](O)(C(C)O)C[C@@H]3O[C@H]1C[C@H](N2C[C@H](CO)O[C@H](n3ccc(N)nc3=O)C2)[C@H](O)[C@H](C)O1. The minimum absolute atomic E-state index is 0.00385. The van der Waals surface area contributed by atoms with E-state index in [1.807, 2.05) is 4.90 Å². The maximum absolute atomic E-state index is 14.0. The monoisotopic (exact) mass is 738 g/mol. The molecule has 17 heteroatoms. The van der Waals surface area contributed by atoms with E-state index >= 15 is 0 Å². The molecule has 3 aromatic rings. The first-order chi connectivity index (χ1) is 25.2. The molecule has 284 valence electrons. The Morgan fingerprint density at radius 1 is 1.08 bits per heavy atom. The lowest BCUT2D eigenvalue weighted by atomic mass is 9.71. The highest BCUT2D eigenvalue weighted by Crippen LogP contribution is 2.53. The summed E-state index contributed by atoms with van der Waals surface area (Å²) in [6.07, 6.45) is -6.61. The van der Waals surface area contributed by atoms with Crippen LogP contribution >= 0.6 is 0 Å². The Bertz CT molecular complexity index is 2020. The molecule has 0 saturated carbocycles. The molecule has 4 aliphatic rings. The molecule has 53 heavy (non-hydrogen) atoms. The number of aromatic nitrogens is 2. The number of nitrogens with zero attached hydrogens (tertiary/aromatic N) is 3. The first-order valence-electron chi connectivity index (χ1n) is 17.3. The lowest BCUT2D eigenvalue weighted by Crippen LogP contribution is -2.60.